The maximum Gasteiger partial charge on any atom is 0.223 e. The van der Waals surface area contributed by atoms with Crippen LogP contribution in [0.2, 0.25) is 0 Å². The number of aromatic nitrogens is 3. The molecule has 0 aliphatic rings. The van der Waals surface area contributed by atoms with Gasteiger partial charge in [-0.1, -0.05) is 13.0 Å². The molecule has 0 bridgehead atoms. The van der Waals surface area contributed by atoms with E-state index in [1.54, 1.807) is 6.20 Å². The monoisotopic (exact) mass is 272 g/mol. The summed E-state index contributed by atoms with van der Waals surface area (Å²) in [6.07, 6.45) is 4.64. The molecule has 2 aromatic rings. The molecule has 0 saturated heterocycles. The molecule has 6 heteroatoms. The van der Waals surface area contributed by atoms with Crippen molar-refractivity contribution in [3.63, 3.8) is 0 Å². The van der Waals surface area contributed by atoms with E-state index in [4.69, 9.17) is 5.73 Å². The summed E-state index contributed by atoms with van der Waals surface area (Å²) in [6.45, 7) is 3.69. The van der Waals surface area contributed by atoms with Crippen LogP contribution in [0.1, 0.15) is 18.9 Å². The van der Waals surface area contributed by atoms with Crippen LogP contribution in [-0.2, 0) is 6.54 Å². The average Bonchev–Trinajstić information content (AvgIpc) is 2.45. The summed E-state index contributed by atoms with van der Waals surface area (Å²) in [5.41, 5.74) is 6.88. The first-order chi connectivity index (χ1) is 9.69. The Bertz CT molecular complexity index is 543. The van der Waals surface area contributed by atoms with Crippen LogP contribution >= 0.6 is 0 Å². The number of nitrogens with zero attached hydrogens (tertiary/aromatic N) is 4. The van der Waals surface area contributed by atoms with Crippen LogP contribution in [0.15, 0.2) is 30.6 Å². The maximum absolute atomic E-state index is 5.76. The molecule has 0 saturated carbocycles. The van der Waals surface area contributed by atoms with Gasteiger partial charge >= 0.3 is 0 Å². The van der Waals surface area contributed by atoms with Gasteiger partial charge in [-0.25, -0.2) is 0 Å². The number of rotatable bonds is 6. The Hall–Kier alpha value is -2.37. The van der Waals surface area contributed by atoms with Crippen molar-refractivity contribution in [3.8, 4) is 0 Å². The predicted molar refractivity (Wildman–Crippen MR) is 81.6 cm³/mol. The van der Waals surface area contributed by atoms with E-state index < -0.39 is 0 Å². The van der Waals surface area contributed by atoms with Gasteiger partial charge in [0.25, 0.3) is 0 Å². The minimum absolute atomic E-state index is 0.277. The summed E-state index contributed by atoms with van der Waals surface area (Å²) in [5, 5.41) is 3.22. The smallest absolute Gasteiger partial charge is 0.223 e. The third kappa shape index (κ3) is 3.81. The van der Waals surface area contributed by atoms with E-state index >= 15 is 0 Å². The summed E-state index contributed by atoms with van der Waals surface area (Å²) >= 11 is 0. The molecule has 20 heavy (non-hydrogen) atoms. The number of nitrogens with two attached hydrogens (primary N) is 1. The van der Waals surface area contributed by atoms with E-state index in [9.17, 15) is 0 Å². The highest BCUT2D eigenvalue weighted by Crippen LogP contribution is 2.17. The van der Waals surface area contributed by atoms with Crippen molar-refractivity contribution in [3.05, 3.63) is 36.2 Å². The second-order valence-corrected chi connectivity index (χ2v) is 4.61. The Balaban J connectivity index is 2.12. The zero-order chi connectivity index (χ0) is 14.4. The molecule has 0 fully saturated rings. The van der Waals surface area contributed by atoms with Crippen molar-refractivity contribution in [1.29, 1.82) is 0 Å². The summed E-state index contributed by atoms with van der Waals surface area (Å²) in [7, 11) is 1.97. The topological polar surface area (TPSA) is 80.0 Å². The Morgan fingerprint density at radius 3 is 2.90 bits per heavy atom. The Morgan fingerprint density at radius 1 is 1.35 bits per heavy atom. The van der Waals surface area contributed by atoms with Crippen molar-refractivity contribution in [1.82, 2.24) is 15.0 Å². The summed E-state index contributed by atoms with van der Waals surface area (Å²) in [5.74, 6) is 1.83. The lowest BCUT2D eigenvalue weighted by molar-refractivity contribution is 0.885. The molecular weight excluding hydrogens is 252 g/mol. The van der Waals surface area contributed by atoms with Gasteiger partial charge in [0.2, 0.25) is 5.95 Å². The molecule has 0 aliphatic carbocycles. The van der Waals surface area contributed by atoms with Crippen LogP contribution < -0.4 is 16.0 Å². The van der Waals surface area contributed by atoms with Gasteiger partial charge in [-0.3, -0.25) is 4.98 Å². The average molecular weight is 272 g/mol. The molecule has 0 spiro atoms. The third-order valence-electron chi connectivity index (χ3n) is 2.82. The molecule has 0 aliphatic heterocycles. The zero-order valence-electron chi connectivity index (χ0n) is 11.9. The number of anilines is 3. The van der Waals surface area contributed by atoms with E-state index in [2.05, 4.69) is 27.2 Å². The van der Waals surface area contributed by atoms with E-state index in [-0.39, 0.29) is 5.95 Å². The van der Waals surface area contributed by atoms with Crippen LogP contribution in [0.4, 0.5) is 17.6 Å². The quantitative estimate of drug-likeness (QED) is 0.836. The molecule has 2 heterocycles. The molecule has 0 atom stereocenters. The van der Waals surface area contributed by atoms with Gasteiger partial charge in [0, 0.05) is 38.6 Å². The van der Waals surface area contributed by atoms with Crippen LogP contribution in [0.25, 0.3) is 0 Å². The normalized spacial score (nSPS) is 10.3. The molecular formula is C14H20N6. The number of hydrogen-bond acceptors (Lipinski definition) is 6. The minimum Gasteiger partial charge on any atom is -0.370 e. The fourth-order valence-corrected chi connectivity index (χ4v) is 1.84. The van der Waals surface area contributed by atoms with E-state index in [0.717, 1.165) is 36.7 Å². The molecule has 6 nitrogen and oxygen atoms in total. The number of hydrogen-bond donors (Lipinski definition) is 2. The van der Waals surface area contributed by atoms with Gasteiger partial charge < -0.3 is 16.0 Å². The second-order valence-electron chi connectivity index (χ2n) is 4.61. The van der Waals surface area contributed by atoms with Crippen LogP contribution in [0, 0.1) is 0 Å². The van der Waals surface area contributed by atoms with E-state index in [1.807, 2.05) is 36.3 Å². The second kappa shape index (κ2) is 6.70. The molecule has 3 N–H and O–H groups in total. The van der Waals surface area contributed by atoms with Crippen molar-refractivity contribution < 1.29 is 0 Å². The largest absolute Gasteiger partial charge is 0.370 e. The van der Waals surface area contributed by atoms with Gasteiger partial charge in [0.15, 0.2) is 0 Å². The SMILES string of the molecule is CCCNc1cc(N(C)Cc2cccnc2)nc(N)n1. The lowest BCUT2D eigenvalue weighted by Gasteiger charge is -2.19. The first-order valence-corrected chi connectivity index (χ1v) is 6.67. The van der Waals surface area contributed by atoms with E-state index in [0.29, 0.717) is 0 Å². The number of pyridine rings is 1. The maximum atomic E-state index is 5.76. The fourth-order valence-electron chi connectivity index (χ4n) is 1.84. The predicted octanol–water partition coefficient (Wildman–Crippen LogP) is 1.91. The summed E-state index contributed by atoms with van der Waals surface area (Å²) in [4.78, 5) is 14.6. The fraction of sp³-hybridized carbons (Fsp3) is 0.357. The molecule has 106 valence electrons. The van der Waals surface area contributed by atoms with Crippen LogP contribution in [0.3, 0.4) is 0 Å². The Morgan fingerprint density at radius 2 is 2.20 bits per heavy atom. The van der Waals surface area contributed by atoms with Crippen molar-refractivity contribution in [2.75, 3.05) is 29.5 Å². The molecule has 2 aromatic heterocycles. The first-order valence-electron chi connectivity index (χ1n) is 6.67. The zero-order valence-corrected chi connectivity index (χ0v) is 11.9. The van der Waals surface area contributed by atoms with Gasteiger partial charge in [-0.15, -0.1) is 0 Å². The molecule has 0 unspecified atom stereocenters. The van der Waals surface area contributed by atoms with Crippen LogP contribution in [0.5, 0.6) is 0 Å². The Labute approximate surface area is 119 Å². The third-order valence-corrected chi connectivity index (χ3v) is 2.82. The van der Waals surface area contributed by atoms with Gasteiger partial charge in [-0.2, -0.15) is 9.97 Å². The van der Waals surface area contributed by atoms with Gasteiger partial charge in [-0.05, 0) is 18.1 Å². The van der Waals surface area contributed by atoms with Gasteiger partial charge in [0.05, 0.1) is 0 Å². The number of nitrogens with one attached hydrogen (secondary N) is 1. The summed E-state index contributed by atoms with van der Waals surface area (Å²) in [6, 6.07) is 5.86. The lowest BCUT2D eigenvalue weighted by atomic mass is 10.2. The first kappa shape index (κ1) is 14.0. The Kier molecular flexibility index (Phi) is 4.70. The molecule has 0 aromatic carbocycles. The molecule has 2 rings (SSSR count). The highest BCUT2D eigenvalue weighted by molar-refractivity contribution is 5.52. The van der Waals surface area contributed by atoms with E-state index in [1.165, 1.54) is 0 Å². The molecule has 0 radical (unpaired) electrons. The highest BCUT2D eigenvalue weighted by Gasteiger charge is 2.07. The summed E-state index contributed by atoms with van der Waals surface area (Å²) < 4.78 is 0. The van der Waals surface area contributed by atoms with Gasteiger partial charge in [0.1, 0.15) is 11.6 Å². The van der Waals surface area contributed by atoms with Crippen molar-refractivity contribution in [2.24, 2.45) is 0 Å². The molecule has 0 amide bonds. The lowest BCUT2D eigenvalue weighted by Crippen LogP contribution is -2.19. The standard InChI is InChI=1S/C14H20N6/c1-3-6-17-12-8-13(19-14(15)18-12)20(2)10-11-5-4-7-16-9-11/h4-5,7-9H,3,6,10H2,1-2H3,(H3,15,17,18,19). The number of nitrogen functional groups attached to an aromatic ring is 1. The van der Waals surface area contributed by atoms with Crippen molar-refractivity contribution in [2.45, 2.75) is 19.9 Å². The highest BCUT2D eigenvalue weighted by atomic mass is 15.2. The van der Waals surface area contributed by atoms with Crippen molar-refractivity contribution >= 4 is 17.6 Å². The van der Waals surface area contributed by atoms with Crippen LogP contribution in [-0.4, -0.2) is 28.5 Å². The minimum atomic E-state index is 0.277.